The smallest absolute Gasteiger partial charge is 0.105 e. The number of benzene rings is 1. The first kappa shape index (κ1) is 34.0. The van der Waals surface area contributed by atoms with Crippen LogP contribution in [0.2, 0.25) is 0 Å². The van der Waals surface area contributed by atoms with Gasteiger partial charge in [-0.15, -0.1) is 0 Å². The zero-order valence-corrected chi connectivity index (χ0v) is 29.3. The van der Waals surface area contributed by atoms with E-state index in [1.54, 1.807) is 0 Å². The Morgan fingerprint density at radius 1 is 0.639 bits per heavy atom. The molecule has 36 heavy (non-hydrogen) atoms. The molecule has 0 atom stereocenters. The summed E-state index contributed by atoms with van der Waals surface area (Å²) in [6, 6.07) is 6.51. The van der Waals surface area contributed by atoms with Crippen molar-refractivity contribution >= 4 is 37.2 Å². The van der Waals surface area contributed by atoms with Crippen LogP contribution in [0.5, 0.6) is 0 Å². The lowest BCUT2D eigenvalue weighted by Crippen LogP contribution is -2.45. The normalized spacial score (nSPS) is 14.6. The van der Waals surface area contributed by atoms with E-state index in [2.05, 4.69) is 145 Å². The van der Waals surface area contributed by atoms with Gasteiger partial charge in [0.15, 0.2) is 0 Å². The molecule has 208 valence electrons. The Morgan fingerprint density at radius 3 is 1.17 bits per heavy atom. The Labute approximate surface area is 232 Å². The van der Waals surface area contributed by atoms with E-state index >= 15 is 0 Å². The predicted molar refractivity (Wildman–Crippen MR) is 174 cm³/mol. The highest BCUT2D eigenvalue weighted by Crippen LogP contribution is 2.57. The SMILES string of the molecule is CC(C)N(C(C)C)P(=S)(C=Pc1c(C(C)(C)C)cc(C(C)(C)C)cc1C(C)(C)C)N(C(C)C)C(C)C. The van der Waals surface area contributed by atoms with Gasteiger partial charge >= 0.3 is 0 Å². The van der Waals surface area contributed by atoms with Crippen LogP contribution in [0.3, 0.4) is 0 Å². The molecule has 0 fully saturated rings. The van der Waals surface area contributed by atoms with Crippen molar-refractivity contribution in [2.24, 2.45) is 0 Å². The van der Waals surface area contributed by atoms with Gasteiger partial charge in [0.05, 0.1) is 0 Å². The van der Waals surface area contributed by atoms with Crippen LogP contribution in [0, 0.1) is 0 Å². The Kier molecular flexibility index (Phi) is 11.3. The van der Waals surface area contributed by atoms with Crippen molar-refractivity contribution in [3.05, 3.63) is 28.8 Å². The molecule has 0 unspecified atom stereocenters. The molecule has 5 heteroatoms. The first-order chi connectivity index (χ1) is 16.0. The third-order valence-electron chi connectivity index (χ3n) is 6.71. The number of rotatable bonds is 8. The molecule has 0 aliphatic rings. The molecule has 0 aromatic heterocycles. The number of hydrogen-bond acceptors (Lipinski definition) is 1. The summed E-state index contributed by atoms with van der Waals surface area (Å²) in [7, 11) is 1.25. The van der Waals surface area contributed by atoms with Gasteiger partial charge < -0.3 is 0 Å². The van der Waals surface area contributed by atoms with E-state index in [9.17, 15) is 0 Å². The molecule has 0 heterocycles. The van der Waals surface area contributed by atoms with Crippen molar-refractivity contribution < 1.29 is 0 Å². The quantitative estimate of drug-likeness (QED) is 0.297. The molecule has 1 aromatic carbocycles. The number of hydrogen-bond donors (Lipinski definition) is 0. The van der Waals surface area contributed by atoms with Crippen LogP contribution in [0.4, 0.5) is 0 Å². The van der Waals surface area contributed by atoms with Crippen molar-refractivity contribution in [1.29, 1.82) is 0 Å². The summed E-state index contributed by atoms with van der Waals surface area (Å²) in [5.41, 5.74) is 7.08. The van der Waals surface area contributed by atoms with E-state index in [4.69, 9.17) is 11.8 Å². The number of nitrogens with zero attached hydrogens (tertiary/aromatic N) is 2. The van der Waals surface area contributed by atoms with E-state index in [1.165, 1.54) is 30.2 Å². The van der Waals surface area contributed by atoms with Gasteiger partial charge in [0.1, 0.15) is 6.34 Å². The molecular weight excluding hydrogens is 494 g/mol. The average molecular weight is 553 g/mol. The van der Waals surface area contributed by atoms with Crippen LogP contribution in [-0.4, -0.2) is 39.0 Å². The van der Waals surface area contributed by atoms with Crippen LogP contribution in [-0.2, 0) is 28.1 Å². The molecule has 2 nitrogen and oxygen atoms in total. The summed E-state index contributed by atoms with van der Waals surface area (Å²) < 4.78 is 5.26. The van der Waals surface area contributed by atoms with Gasteiger partial charge in [-0.1, -0.05) is 94.5 Å². The topological polar surface area (TPSA) is 6.48 Å². The lowest BCUT2D eigenvalue weighted by atomic mass is 9.75. The Hall–Kier alpha value is -0.0400. The maximum absolute atomic E-state index is 6.81. The fraction of sp³-hybridized carbons (Fsp3) is 0.774. The fourth-order valence-corrected chi connectivity index (χ4v) is 13.9. The second-order valence-corrected chi connectivity index (χ2v) is 20.0. The second kappa shape index (κ2) is 12.0. The molecule has 0 aliphatic carbocycles. The van der Waals surface area contributed by atoms with Gasteiger partial charge in [0.25, 0.3) is 0 Å². The maximum Gasteiger partial charge on any atom is 0.105 e. The molecule has 0 N–H and O–H groups in total. The highest BCUT2D eigenvalue weighted by Gasteiger charge is 2.37. The summed E-state index contributed by atoms with van der Waals surface area (Å²) in [5.74, 6) is 0. The second-order valence-electron chi connectivity index (χ2n) is 14.6. The molecule has 0 saturated heterocycles. The molecule has 0 amide bonds. The Bertz CT molecular complexity index is 879. The van der Waals surface area contributed by atoms with Crippen LogP contribution in [0.25, 0.3) is 0 Å². The van der Waals surface area contributed by atoms with Gasteiger partial charge in [-0.25, -0.2) is 0 Å². The van der Waals surface area contributed by atoms with Crippen molar-refractivity contribution in [2.75, 3.05) is 0 Å². The molecule has 1 aromatic rings. The minimum atomic E-state index is -2.16. The molecule has 0 spiro atoms. The van der Waals surface area contributed by atoms with Gasteiger partial charge in [-0.05, 0) is 88.3 Å². The fourth-order valence-electron chi connectivity index (χ4n) is 5.24. The molecule has 0 bridgehead atoms. The summed E-state index contributed by atoms with van der Waals surface area (Å²) in [4.78, 5) is 0. The summed E-state index contributed by atoms with van der Waals surface area (Å²) in [5, 5.41) is 1.46. The predicted octanol–water partition coefficient (Wildman–Crippen LogP) is 9.46. The van der Waals surface area contributed by atoms with Crippen LogP contribution in [0.1, 0.15) is 134 Å². The average Bonchev–Trinajstić information content (AvgIpc) is 2.61. The van der Waals surface area contributed by atoms with Gasteiger partial charge in [-0.2, -0.15) is 0 Å². The first-order valence-corrected chi connectivity index (χ1v) is 17.6. The molecular formula is C31H58N2P2S. The minimum absolute atomic E-state index is 0.0472. The lowest BCUT2D eigenvalue weighted by Gasteiger charge is -2.48. The zero-order valence-electron chi connectivity index (χ0n) is 26.7. The Morgan fingerprint density at radius 2 is 0.944 bits per heavy atom. The first-order valence-electron chi connectivity index (χ1n) is 13.9. The lowest BCUT2D eigenvalue weighted by molar-refractivity contribution is 0.261. The summed E-state index contributed by atoms with van der Waals surface area (Å²) in [6.45, 7) is 39.6. The van der Waals surface area contributed by atoms with Gasteiger partial charge in [0, 0.05) is 35.0 Å². The van der Waals surface area contributed by atoms with Crippen molar-refractivity contribution in [1.82, 2.24) is 9.34 Å². The molecule has 0 saturated carbocycles. The van der Waals surface area contributed by atoms with Gasteiger partial charge in [0.2, 0.25) is 0 Å². The third kappa shape index (κ3) is 7.99. The zero-order chi connectivity index (χ0) is 28.6. The van der Waals surface area contributed by atoms with E-state index in [-0.39, 0.29) is 16.2 Å². The standard InChI is InChI=1S/C31H58N2P2S/c1-21(2)32(22(3)4)35(36,33(23(5)6)24(7)8)20-34-28-26(30(12,13)14)18-25(29(9,10)11)19-27(28)31(15,16)17/h18-24H,1-17H3. The highest BCUT2D eigenvalue weighted by molar-refractivity contribution is 8.21. The largest absolute Gasteiger partial charge is 0.255 e. The van der Waals surface area contributed by atoms with Crippen molar-refractivity contribution in [2.45, 2.75) is 158 Å². The monoisotopic (exact) mass is 552 g/mol. The third-order valence-corrected chi connectivity index (χ3v) is 14.3. The van der Waals surface area contributed by atoms with E-state index in [1.807, 2.05) is 0 Å². The van der Waals surface area contributed by atoms with E-state index in [0.717, 1.165) is 0 Å². The highest BCUT2D eigenvalue weighted by atomic mass is 32.4. The molecule has 0 aliphatic heterocycles. The van der Waals surface area contributed by atoms with E-state index in [0.29, 0.717) is 24.2 Å². The van der Waals surface area contributed by atoms with E-state index < -0.39 is 6.34 Å². The van der Waals surface area contributed by atoms with Crippen LogP contribution < -0.4 is 5.30 Å². The summed E-state index contributed by atoms with van der Waals surface area (Å²) >= 11 is 6.81. The van der Waals surface area contributed by atoms with Crippen molar-refractivity contribution in [3.63, 3.8) is 0 Å². The summed E-state index contributed by atoms with van der Waals surface area (Å²) in [6.07, 6.45) is -2.16. The van der Waals surface area contributed by atoms with Crippen molar-refractivity contribution in [3.8, 4) is 0 Å². The molecule has 1 rings (SSSR count). The van der Waals surface area contributed by atoms with Crippen LogP contribution in [0.15, 0.2) is 12.1 Å². The van der Waals surface area contributed by atoms with Gasteiger partial charge in [-0.3, -0.25) is 9.34 Å². The maximum atomic E-state index is 6.81. The Balaban J connectivity index is 4.16. The molecule has 0 radical (unpaired) electrons. The minimum Gasteiger partial charge on any atom is -0.255 e. The van der Waals surface area contributed by atoms with Crippen LogP contribution >= 0.6 is 14.5 Å².